The highest BCUT2D eigenvalue weighted by Gasteiger charge is 2.23. The van der Waals surface area contributed by atoms with Crippen molar-refractivity contribution in [3.05, 3.63) is 63.0 Å². The summed E-state index contributed by atoms with van der Waals surface area (Å²) < 4.78 is 6.39. The lowest BCUT2D eigenvalue weighted by Gasteiger charge is -2.14. The summed E-state index contributed by atoms with van der Waals surface area (Å²) in [7, 11) is 0. The third-order valence-corrected chi connectivity index (χ3v) is 3.75. The zero-order chi connectivity index (χ0) is 16.8. The van der Waals surface area contributed by atoms with Gasteiger partial charge in [0.1, 0.15) is 0 Å². The highest BCUT2D eigenvalue weighted by molar-refractivity contribution is 6.30. The van der Waals surface area contributed by atoms with Crippen molar-refractivity contribution in [2.75, 3.05) is 6.61 Å². The van der Waals surface area contributed by atoms with Gasteiger partial charge in [0.15, 0.2) is 0 Å². The molecule has 0 amide bonds. The molecule has 0 spiro atoms. The minimum absolute atomic E-state index is 0.285. The molecular formula is C17H19ClN2O3. The van der Waals surface area contributed by atoms with E-state index in [4.69, 9.17) is 16.3 Å². The first-order valence-corrected chi connectivity index (χ1v) is 7.91. The zero-order valence-electron chi connectivity index (χ0n) is 13.2. The molecule has 0 saturated carbocycles. The maximum absolute atomic E-state index is 12.6. The normalized spacial score (nSPS) is 12.0. The molecule has 122 valence electrons. The predicted molar refractivity (Wildman–Crippen MR) is 88.7 cm³/mol. The topological polar surface area (TPSA) is 61.2 Å². The molecule has 0 aliphatic rings. The fraction of sp³-hybridized carbons (Fsp3) is 0.353. The Morgan fingerprint density at radius 3 is 2.78 bits per heavy atom. The van der Waals surface area contributed by atoms with E-state index in [1.54, 1.807) is 25.1 Å². The molecule has 0 radical (unpaired) electrons. The van der Waals surface area contributed by atoms with Crippen molar-refractivity contribution in [2.45, 2.75) is 32.7 Å². The number of halogens is 1. The molecule has 0 bridgehead atoms. The minimum atomic E-state index is -0.573. The molecule has 2 rings (SSSR count). The number of esters is 1. The average molecular weight is 335 g/mol. The quantitative estimate of drug-likeness (QED) is 0.762. The first-order chi connectivity index (χ1) is 11.1. The summed E-state index contributed by atoms with van der Waals surface area (Å²) in [4.78, 5) is 24.7. The van der Waals surface area contributed by atoms with Crippen LogP contribution in [0.1, 0.15) is 37.3 Å². The van der Waals surface area contributed by atoms with Gasteiger partial charge in [-0.1, -0.05) is 30.7 Å². The van der Waals surface area contributed by atoms with Gasteiger partial charge in [-0.2, -0.15) is 5.10 Å². The van der Waals surface area contributed by atoms with Crippen molar-refractivity contribution in [1.29, 1.82) is 0 Å². The van der Waals surface area contributed by atoms with Crippen molar-refractivity contribution >= 4 is 17.6 Å². The number of nitrogens with zero attached hydrogens (tertiary/aromatic N) is 2. The van der Waals surface area contributed by atoms with Gasteiger partial charge in [0.25, 0.3) is 5.56 Å². The first kappa shape index (κ1) is 17.2. The van der Waals surface area contributed by atoms with E-state index in [1.807, 2.05) is 19.1 Å². The van der Waals surface area contributed by atoms with Gasteiger partial charge in [0, 0.05) is 16.8 Å². The second-order valence-electron chi connectivity index (χ2n) is 5.09. The van der Waals surface area contributed by atoms with Crippen LogP contribution in [0, 0.1) is 0 Å². The molecule has 5 nitrogen and oxygen atoms in total. The van der Waals surface area contributed by atoms with Crippen LogP contribution in [-0.2, 0) is 16.1 Å². The second kappa shape index (κ2) is 7.92. The van der Waals surface area contributed by atoms with Gasteiger partial charge >= 0.3 is 5.97 Å². The number of hydrogen-bond donors (Lipinski definition) is 0. The van der Waals surface area contributed by atoms with Gasteiger partial charge in [-0.05, 0) is 37.1 Å². The molecule has 1 heterocycles. The van der Waals surface area contributed by atoms with Crippen LogP contribution in [0.5, 0.6) is 0 Å². The number of benzene rings is 1. The van der Waals surface area contributed by atoms with E-state index >= 15 is 0 Å². The summed E-state index contributed by atoms with van der Waals surface area (Å²) in [5.74, 6) is -0.955. The van der Waals surface area contributed by atoms with Crippen LogP contribution in [-0.4, -0.2) is 22.4 Å². The van der Waals surface area contributed by atoms with Crippen LogP contribution in [0.4, 0.5) is 0 Å². The summed E-state index contributed by atoms with van der Waals surface area (Å²) in [5, 5.41) is 4.70. The van der Waals surface area contributed by atoms with E-state index < -0.39 is 5.92 Å². The first-order valence-electron chi connectivity index (χ1n) is 7.53. The van der Waals surface area contributed by atoms with Crippen molar-refractivity contribution in [3.63, 3.8) is 0 Å². The Hall–Kier alpha value is -2.14. The molecule has 0 N–H and O–H groups in total. The van der Waals surface area contributed by atoms with Gasteiger partial charge in [-0.25, -0.2) is 4.68 Å². The molecule has 1 atom stereocenters. The Kier molecular flexibility index (Phi) is 5.93. The predicted octanol–water partition coefficient (Wildman–Crippen LogP) is 3.00. The zero-order valence-corrected chi connectivity index (χ0v) is 13.9. The van der Waals surface area contributed by atoms with Crippen LogP contribution in [0.15, 0.2) is 41.3 Å². The summed E-state index contributed by atoms with van der Waals surface area (Å²) in [6, 6.07) is 8.83. The molecule has 23 heavy (non-hydrogen) atoms. The van der Waals surface area contributed by atoms with E-state index in [9.17, 15) is 9.59 Å². The van der Waals surface area contributed by atoms with E-state index in [0.717, 1.165) is 5.56 Å². The molecule has 0 aliphatic carbocycles. The van der Waals surface area contributed by atoms with E-state index in [2.05, 4.69) is 5.10 Å². The van der Waals surface area contributed by atoms with Crippen molar-refractivity contribution < 1.29 is 9.53 Å². The maximum Gasteiger partial charge on any atom is 0.313 e. The Balaban J connectivity index is 2.34. The number of carbonyl (C=O) groups is 1. The summed E-state index contributed by atoms with van der Waals surface area (Å²) in [6.07, 6.45) is 2.03. The van der Waals surface area contributed by atoms with Gasteiger partial charge in [-0.3, -0.25) is 9.59 Å². The second-order valence-corrected chi connectivity index (χ2v) is 5.53. The van der Waals surface area contributed by atoms with Gasteiger partial charge in [-0.15, -0.1) is 0 Å². The molecule has 0 saturated heterocycles. The molecule has 1 unspecified atom stereocenters. The molecule has 0 aliphatic heterocycles. The Bertz CT molecular complexity index is 743. The number of hydrogen-bond acceptors (Lipinski definition) is 4. The van der Waals surface area contributed by atoms with Gasteiger partial charge < -0.3 is 4.74 Å². The summed E-state index contributed by atoms with van der Waals surface area (Å²) in [5.41, 5.74) is 0.990. The average Bonchev–Trinajstić information content (AvgIpc) is 2.52. The van der Waals surface area contributed by atoms with Crippen LogP contribution in [0.2, 0.25) is 5.02 Å². The third-order valence-electron chi connectivity index (χ3n) is 3.52. The molecule has 6 heteroatoms. The smallest absolute Gasteiger partial charge is 0.313 e. The van der Waals surface area contributed by atoms with Gasteiger partial charge in [0.05, 0.1) is 19.1 Å². The fourth-order valence-corrected chi connectivity index (χ4v) is 2.62. The van der Waals surface area contributed by atoms with Gasteiger partial charge in [0.2, 0.25) is 0 Å². The largest absolute Gasteiger partial charge is 0.466 e. The Morgan fingerprint density at radius 1 is 1.35 bits per heavy atom. The van der Waals surface area contributed by atoms with E-state index in [1.165, 1.54) is 10.9 Å². The fourth-order valence-electron chi connectivity index (χ4n) is 2.41. The molecule has 2 aromatic rings. The highest BCUT2D eigenvalue weighted by Crippen LogP contribution is 2.18. The molecule has 1 aromatic carbocycles. The van der Waals surface area contributed by atoms with Crippen molar-refractivity contribution in [3.8, 4) is 0 Å². The minimum Gasteiger partial charge on any atom is -0.466 e. The lowest BCUT2D eigenvalue weighted by atomic mass is 9.98. The van der Waals surface area contributed by atoms with Crippen LogP contribution in [0.25, 0.3) is 0 Å². The Morgan fingerprint density at radius 2 is 2.13 bits per heavy atom. The van der Waals surface area contributed by atoms with Crippen molar-refractivity contribution in [2.24, 2.45) is 0 Å². The van der Waals surface area contributed by atoms with Crippen LogP contribution in [0.3, 0.4) is 0 Å². The monoisotopic (exact) mass is 334 g/mol. The summed E-state index contributed by atoms with van der Waals surface area (Å²) >= 11 is 5.96. The SMILES string of the molecule is CCOC(=O)C(CC)c1ccnn(Cc2cccc(Cl)c2)c1=O. The summed E-state index contributed by atoms with van der Waals surface area (Å²) in [6.45, 7) is 4.18. The molecular weight excluding hydrogens is 316 g/mol. The van der Waals surface area contributed by atoms with Crippen molar-refractivity contribution in [1.82, 2.24) is 9.78 Å². The van der Waals surface area contributed by atoms with Crippen LogP contribution < -0.4 is 5.56 Å². The molecule has 0 fully saturated rings. The number of rotatable bonds is 6. The number of carbonyl (C=O) groups excluding carboxylic acids is 1. The lowest BCUT2D eigenvalue weighted by Crippen LogP contribution is -2.30. The number of aromatic nitrogens is 2. The van der Waals surface area contributed by atoms with E-state index in [0.29, 0.717) is 23.6 Å². The maximum atomic E-state index is 12.6. The third kappa shape index (κ3) is 4.20. The molecule has 1 aromatic heterocycles. The lowest BCUT2D eigenvalue weighted by molar-refractivity contribution is -0.145. The van der Waals surface area contributed by atoms with Crippen LogP contribution >= 0.6 is 11.6 Å². The highest BCUT2D eigenvalue weighted by atomic mass is 35.5. The number of ether oxygens (including phenoxy) is 1. The van der Waals surface area contributed by atoms with E-state index in [-0.39, 0.29) is 18.1 Å². The standard InChI is InChI=1S/C17H19ClN2O3/c1-3-14(17(22)23-4-2)15-8-9-19-20(16(15)21)11-12-6-5-7-13(18)10-12/h5-10,14H,3-4,11H2,1-2H3. The Labute approximate surface area is 139 Å².